The van der Waals surface area contributed by atoms with Crippen LogP contribution in [0.4, 0.5) is 8.78 Å². The molecule has 1 rings (SSSR count). The van der Waals surface area contributed by atoms with E-state index in [4.69, 9.17) is 0 Å². The Morgan fingerprint density at radius 3 is 2.68 bits per heavy atom. The minimum Gasteiger partial charge on any atom is -0.434 e. The molecule has 0 bridgehead atoms. The summed E-state index contributed by atoms with van der Waals surface area (Å²) in [6, 6.07) is 5.97. The second-order valence-corrected chi connectivity index (χ2v) is 4.67. The van der Waals surface area contributed by atoms with Gasteiger partial charge in [0.1, 0.15) is 5.75 Å². The molecule has 0 saturated heterocycles. The summed E-state index contributed by atoms with van der Waals surface area (Å²) in [5.74, 6) is -0.495. The molecule has 0 aliphatic carbocycles. The molecule has 19 heavy (non-hydrogen) atoms. The quantitative estimate of drug-likeness (QED) is 0.582. The number of amides is 1. The summed E-state index contributed by atoms with van der Waals surface area (Å²) in [6.07, 6.45) is 2.90. The van der Waals surface area contributed by atoms with E-state index < -0.39 is 12.5 Å². The molecule has 0 saturated carbocycles. The molecular weight excluding hydrogens is 320 g/mol. The van der Waals surface area contributed by atoms with Crippen LogP contribution in [-0.2, 0) is 0 Å². The average molecular weight is 336 g/mol. The van der Waals surface area contributed by atoms with E-state index in [1.165, 1.54) is 12.1 Å². The van der Waals surface area contributed by atoms with Crippen LogP contribution in [0.2, 0.25) is 0 Å². The predicted molar refractivity (Wildman–Crippen MR) is 73.1 cm³/mol. The van der Waals surface area contributed by atoms with Gasteiger partial charge in [-0.25, -0.2) is 0 Å². The number of rotatable bonds is 8. The molecule has 0 heterocycles. The topological polar surface area (TPSA) is 38.3 Å². The van der Waals surface area contributed by atoms with Gasteiger partial charge in [-0.1, -0.05) is 34.5 Å². The summed E-state index contributed by atoms with van der Waals surface area (Å²) in [6.45, 7) is -2.41. The number of carbonyl (C=O) groups excluding carboxylic acids is 1. The van der Waals surface area contributed by atoms with E-state index in [-0.39, 0.29) is 11.3 Å². The van der Waals surface area contributed by atoms with Crippen molar-refractivity contribution >= 4 is 21.8 Å². The van der Waals surface area contributed by atoms with Crippen LogP contribution in [0.15, 0.2) is 24.3 Å². The van der Waals surface area contributed by atoms with Crippen molar-refractivity contribution in [3.8, 4) is 5.75 Å². The van der Waals surface area contributed by atoms with Crippen molar-refractivity contribution in [3.63, 3.8) is 0 Å². The van der Waals surface area contributed by atoms with Crippen molar-refractivity contribution in [1.29, 1.82) is 0 Å². The summed E-state index contributed by atoms with van der Waals surface area (Å²) in [5.41, 5.74) is 0.128. The molecule has 1 amide bonds. The number of nitrogens with one attached hydrogen (secondary N) is 1. The Hall–Kier alpha value is -1.17. The summed E-state index contributed by atoms with van der Waals surface area (Å²) >= 11 is 3.32. The lowest BCUT2D eigenvalue weighted by Crippen LogP contribution is -2.25. The average Bonchev–Trinajstić information content (AvgIpc) is 2.38. The highest BCUT2D eigenvalue weighted by Gasteiger charge is 2.14. The van der Waals surface area contributed by atoms with E-state index in [0.29, 0.717) is 6.54 Å². The zero-order valence-electron chi connectivity index (χ0n) is 10.4. The highest BCUT2D eigenvalue weighted by atomic mass is 79.9. The number of ether oxygens (including phenoxy) is 1. The lowest BCUT2D eigenvalue weighted by atomic mass is 10.2. The Morgan fingerprint density at radius 1 is 1.26 bits per heavy atom. The molecule has 3 nitrogen and oxygen atoms in total. The molecule has 0 spiro atoms. The van der Waals surface area contributed by atoms with Gasteiger partial charge in [-0.3, -0.25) is 4.79 Å². The third-order valence-electron chi connectivity index (χ3n) is 2.44. The molecule has 106 valence electrons. The first kappa shape index (κ1) is 15.9. The zero-order valence-corrected chi connectivity index (χ0v) is 12.0. The van der Waals surface area contributed by atoms with Gasteiger partial charge in [0.05, 0.1) is 5.56 Å². The molecule has 0 atom stereocenters. The Bertz CT molecular complexity index is 402. The van der Waals surface area contributed by atoms with Gasteiger partial charge in [-0.05, 0) is 25.0 Å². The lowest BCUT2D eigenvalue weighted by molar-refractivity contribution is -0.0501. The molecule has 1 aromatic carbocycles. The van der Waals surface area contributed by atoms with Crippen LogP contribution in [0.1, 0.15) is 29.6 Å². The van der Waals surface area contributed by atoms with Crippen LogP contribution < -0.4 is 10.1 Å². The smallest absolute Gasteiger partial charge is 0.387 e. The molecule has 0 fully saturated rings. The second-order valence-electron chi connectivity index (χ2n) is 3.88. The van der Waals surface area contributed by atoms with Crippen LogP contribution in [0.25, 0.3) is 0 Å². The molecule has 0 aliphatic rings. The van der Waals surface area contributed by atoms with Gasteiger partial charge in [-0.15, -0.1) is 0 Å². The maximum atomic E-state index is 12.2. The fraction of sp³-hybridized carbons (Fsp3) is 0.462. The van der Waals surface area contributed by atoms with Gasteiger partial charge in [0.15, 0.2) is 0 Å². The first-order valence-electron chi connectivity index (χ1n) is 6.03. The Labute approximate surface area is 119 Å². The number of benzene rings is 1. The van der Waals surface area contributed by atoms with Gasteiger partial charge < -0.3 is 10.1 Å². The van der Waals surface area contributed by atoms with E-state index in [2.05, 4.69) is 26.0 Å². The maximum Gasteiger partial charge on any atom is 0.387 e. The Morgan fingerprint density at radius 2 is 2.00 bits per heavy atom. The second kappa shape index (κ2) is 8.85. The molecular formula is C13H16BrF2NO2. The van der Waals surface area contributed by atoms with E-state index in [0.717, 1.165) is 24.6 Å². The van der Waals surface area contributed by atoms with Crippen LogP contribution in [0.3, 0.4) is 0 Å². The standard InChI is InChI=1S/C13H16BrF2NO2/c14-8-4-1-5-9-17-12(18)10-6-2-3-7-11(10)19-13(15)16/h2-3,6-7,13H,1,4-5,8-9H2,(H,17,18). The van der Waals surface area contributed by atoms with Crippen LogP contribution in [0.5, 0.6) is 5.75 Å². The number of hydrogen-bond donors (Lipinski definition) is 1. The van der Waals surface area contributed by atoms with Gasteiger partial charge in [0.2, 0.25) is 0 Å². The third-order valence-corrected chi connectivity index (χ3v) is 3.00. The highest BCUT2D eigenvalue weighted by molar-refractivity contribution is 9.09. The fourth-order valence-electron chi connectivity index (χ4n) is 1.55. The van der Waals surface area contributed by atoms with E-state index >= 15 is 0 Å². The molecule has 0 aliphatic heterocycles. The number of hydrogen-bond acceptors (Lipinski definition) is 2. The number of alkyl halides is 3. The number of carbonyl (C=O) groups is 1. The summed E-state index contributed by atoms with van der Waals surface area (Å²) < 4.78 is 28.7. The molecule has 1 aromatic rings. The third kappa shape index (κ3) is 6.00. The van der Waals surface area contributed by atoms with Crippen LogP contribution in [-0.4, -0.2) is 24.4 Å². The van der Waals surface area contributed by atoms with Crippen molar-refractivity contribution in [3.05, 3.63) is 29.8 Å². The minimum atomic E-state index is -2.94. The van der Waals surface area contributed by atoms with Crippen molar-refractivity contribution < 1.29 is 18.3 Å². The first-order valence-corrected chi connectivity index (χ1v) is 7.15. The van der Waals surface area contributed by atoms with Crippen molar-refractivity contribution in [2.75, 3.05) is 11.9 Å². The van der Waals surface area contributed by atoms with E-state index in [1.807, 2.05) is 0 Å². The molecule has 0 aromatic heterocycles. The first-order chi connectivity index (χ1) is 9.15. The molecule has 0 unspecified atom stereocenters. The van der Waals surface area contributed by atoms with Crippen molar-refractivity contribution in [2.45, 2.75) is 25.9 Å². The highest BCUT2D eigenvalue weighted by Crippen LogP contribution is 2.19. The summed E-state index contributed by atoms with van der Waals surface area (Å²) in [5, 5.41) is 3.63. The van der Waals surface area contributed by atoms with Gasteiger partial charge in [-0.2, -0.15) is 8.78 Å². The Kier molecular flexibility index (Phi) is 7.40. The molecule has 0 radical (unpaired) electrons. The monoisotopic (exact) mass is 335 g/mol. The number of para-hydroxylation sites is 1. The molecule has 1 N–H and O–H groups in total. The normalized spacial score (nSPS) is 10.5. The van der Waals surface area contributed by atoms with E-state index in [9.17, 15) is 13.6 Å². The van der Waals surface area contributed by atoms with Gasteiger partial charge in [0, 0.05) is 11.9 Å². The SMILES string of the molecule is O=C(NCCCCCBr)c1ccccc1OC(F)F. The fourth-order valence-corrected chi connectivity index (χ4v) is 1.94. The zero-order chi connectivity index (χ0) is 14.1. The van der Waals surface area contributed by atoms with Crippen molar-refractivity contribution in [2.24, 2.45) is 0 Å². The Balaban J connectivity index is 2.51. The van der Waals surface area contributed by atoms with Crippen molar-refractivity contribution in [1.82, 2.24) is 5.32 Å². The summed E-state index contributed by atoms with van der Waals surface area (Å²) in [7, 11) is 0. The summed E-state index contributed by atoms with van der Waals surface area (Å²) in [4.78, 5) is 11.8. The van der Waals surface area contributed by atoms with Crippen LogP contribution in [0, 0.1) is 0 Å². The molecule has 6 heteroatoms. The number of unbranched alkanes of at least 4 members (excludes halogenated alkanes) is 2. The maximum absolute atomic E-state index is 12.2. The lowest BCUT2D eigenvalue weighted by Gasteiger charge is -2.10. The van der Waals surface area contributed by atoms with Gasteiger partial charge >= 0.3 is 6.61 Å². The predicted octanol–water partition coefficient (Wildman–Crippen LogP) is 3.58. The van der Waals surface area contributed by atoms with Gasteiger partial charge in [0.25, 0.3) is 5.91 Å². The number of halogens is 3. The minimum absolute atomic E-state index is 0.101. The van der Waals surface area contributed by atoms with Crippen LogP contribution >= 0.6 is 15.9 Å². The van der Waals surface area contributed by atoms with E-state index in [1.54, 1.807) is 12.1 Å². The largest absolute Gasteiger partial charge is 0.434 e.